The van der Waals surface area contributed by atoms with E-state index in [-0.39, 0.29) is 11.3 Å². The monoisotopic (exact) mass is 396 g/mol. The van der Waals surface area contributed by atoms with Crippen LogP contribution in [0, 0.1) is 17.6 Å². The lowest BCUT2D eigenvalue weighted by Crippen LogP contribution is -2.47. The Morgan fingerprint density at radius 2 is 1.70 bits per heavy atom. The van der Waals surface area contributed by atoms with Gasteiger partial charge in [-0.1, -0.05) is 52.0 Å². The van der Waals surface area contributed by atoms with Crippen LogP contribution in [0.4, 0.5) is 13.9 Å². The van der Waals surface area contributed by atoms with Crippen LogP contribution < -0.4 is 10.6 Å². The molecule has 1 aromatic carbocycles. The number of hydrogen-bond acceptors (Lipinski definition) is 5. The highest BCUT2D eigenvalue weighted by molar-refractivity contribution is 7.15. The number of aromatic nitrogens is 2. The van der Waals surface area contributed by atoms with Crippen LogP contribution in [0.15, 0.2) is 18.2 Å². The van der Waals surface area contributed by atoms with Crippen LogP contribution in [0.5, 0.6) is 0 Å². The molecular formula is C18H22F2N4O2S. The number of hydrogen-bond donors (Lipinski definition) is 2. The highest BCUT2D eigenvalue weighted by Gasteiger charge is 2.28. The Morgan fingerprint density at radius 1 is 1.11 bits per heavy atom. The maximum Gasteiger partial charge on any atom is 0.257 e. The van der Waals surface area contributed by atoms with Crippen molar-refractivity contribution in [3.05, 3.63) is 40.4 Å². The van der Waals surface area contributed by atoms with Crippen LogP contribution >= 0.6 is 11.3 Å². The standard InChI is InChI=1S/C18H22F2N4O2S/c1-9(2)13(21-14(25)12-10(19)7-6-8-11(12)20)15(26)22-17-24-23-16(27-17)18(3,4)5/h6-9,13H,1-5H3,(H,21,25)(H,22,24,26). The lowest BCUT2D eigenvalue weighted by Gasteiger charge is -2.21. The lowest BCUT2D eigenvalue weighted by atomic mass is 9.98. The topological polar surface area (TPSA) is 84.0 Å². The zero-order valence-electron chi connectivity index (χ0n) is 15.8. The minimum Gasteiger partial charge on any atom is -0.340 e. The fourth-order valence-corrected chi connectivity index (χ4v) is 3.03. The van der Waals surface area contributed by atoms with Crippen LogP contribution in [-0.4, -0.2) is 28.1 Å². The van der Waals surface area contributed by atoms with Crippen molar-refractivity contribution in [2.45, 2.75) is 46.1 Å². The molecule has 0 radical (unpaired) electrons. The average molecular weight is 396 g/mol. The summed E-state index contributed by atoms with van der Waals surface area (Å²) in [4.78, 5) is 24.9. The molecule has 0 bridgehead atoms. The number of benzene rings is 1. The van der Waals surface area contributed by atoms with Gasteiger partial charge in [0.1, 0.15) is 28.2 Å². The first-order chi connectivity index (χ1) is 12.5. The normalized spacial score (nSPS) is 12.7. The third-order valence-electron chi connectivity index (χ3n) is 3.72. The summed E-state index contributed by atoms with van der Waals surface area (Å²) in [5, 5.41) is 14.0. The number of nitrogens with one attached hydrogen (secondary N) is 2. The maximum atomic E-state index is 13.8. The van der Waals surface area contributed by atoms with Crippen LogP contribution in [0.2, 0.25) is 0 Å². The van der Waals surface area contributed by atoms with Crippen molar-refractivity contribution in [2.75, 3.05) is 5.32 Å². The van der Waals surface area contributed by atoms with Crippen molar-refractivity contribution in [3.8, 4) is 0 Å². The van der Waals surface area contributed by atoms with Gasteiger partial charge < -0.3 is 5.32 Å². The highest BCUT2D eigenvalue weighted by atomic mass is 32.1. The summed E-state index contributed by atoms with van der Waals surface area (Å²) in [7, 11) is 0. The number of carbonyl (C=O) groups excluding carboxylic acids is 2. The molecule has 1 aromatic heterocycles. The van der Waals surface area contributed by atoms with Gasteiger partial charge in [-0.2, -0.15) is 0 Å². The number of halogens is 2. The molecule has 0 spiro atoms. The summed E-state index contributed by atoms with van der Waals surface area (Å²) in [6.45, 7) is 9.34. The summed E-state index contributed by atoms with van der Waals surface area (Å²) < 4.78 is 27.6. The Labute approximate surface area is 160 Å². The van der Waals surface area contributed by atoms with Crippen molar-refractivity contribution < 1.29 is 18.4 Å². The molecule has 0 aliphatic heterocycles. The first-order valence-electron chi connectivity index (χ1n) is 8.40. The Bertz CT molecular complexity index is 826. The maximum absolute atomic E-state index is 13.8. The SMILES string of the molecule is CC(C)C(NC(=O)c1c(F)cccc1F)C(=O)Nc1nnc(C(C)(C)C)s1. The van der Waals surface area contributed by atoms with E-state index in [1.807, 2.05) is 20.8 Å². The quantitative estimate of drug-likeness (QED) is 0.810. The average Bonchev–Trinajstić information content (AvgIpc) is 3.00. The second-order valence-corrected chi connectivity index (χ2v) is 8.42. The molecule has 1 heterocycles. The van der Waals surface area contributed by atoms with Crippen molar-refractivity contribution in [1.29, 1.82) is 0 Å². The van der Waals surface area contributed by atoms with Crippen molar-refractivity contribution in [3.63, 3.8) is 0 Å². The number of nitrogens with zero attached hydrogens (tertiary/aromatic N) is 2. The zero-order valence-corrected chi connectivity index (χ0v) is 16.6. The highest BCUT2D eigenvalue weighted by Crippen LogP contribution is 2.27. The molecule has 6 nitrogen and oxygen atoms in total. The summed E-state index contributed by atoms with van der Waals surface area (Å²) in [5.41, 5.74) is -0.934. The molecule has 2 aromatic rings. The van der Waals surface area contributed by atoms with Crippen molar-refractivity contribution in [2.24, 2.45) is 5.92 Å². The van der Waals surface area contributed by atoms with E-state index < -0.39 is 35.1 Å². The molecule has 0 fully saturated rings. The van der Waals surface area contributed by atoms with Crippen molar-refractivity contribution >= 4 is 28.3 Å². The Kier molecular flexibility index (Phi) is 6.25. The molecule has 1 atom stereocenters. The van der Waals surface area contributed by atoms with Gasteiger partial charge in [0.15, 0.2) is 0 Å². The molecule has 2 rings (SSSR count). The van der Waals surface area contributed by atoms with Crippen molar-refractivity contribution in [1.82, 2.24) is 15.5 Å². The second kappa shape index (κ2) is 8.08. The molecular weight excluding hydrogens is 374 g/mol. The third-order valence-corrected chi connectivity index (χ3v) is 4.99. The van der Waals surface area contributed by atoms with E-state index in [0.29, 0.717) is 5.13 Å². The van der Waals surface area contributed by atoms with Gasteiger partial charge in [0.25, 0.3) is 5.91 Å². The second-order valence-electron chi connectivity index (χ2n) is 7.44. The van der Waals surface area contributed by atoms with Gasteiger partial charge in [-0.3, -0.25) is 14.9 Å². The summed E-state index contributed by atoms with van der Waals surface area (Å²) >= 11 is 1.23. The Balaban J connectivity index is 2.16. The molecule has 0 aliphatic rings. The van der Waals surface area contributed by atoms with E-state index in [9.17, 15) is 18.4 Å². The number of rotatable bonds is 5. The minimum atomic E-state index is -1.00. The lowest BCUT2D eigenvalue weighted by molar-refractivity contribution is -0.118. The Morgan fingerprint density at radius 3 is 2.19 bits per heavy atom. The van der Waals surface area contributed by atoms with E-state index in [4.69, 9.17) is 0 Å². The van der Waals surface area contributed by atoms with Gasteiger partial charge in [0, 0.05) is 5.41 Å². The van der Waals surface area contributed by atoms with Gasteiger partial charge in [-0.05, 0) is 18.1 Å². The van der Waals surface area contributed by atoms with E-state index >= 15 is 0 Å². The number of amides is 2. The van der Waals surface area contributed by atoms with E-state index in [0.717, 1.165) is 23.2 Å². The molecule has 0 saturated heterocycles. The van der Waals surface area contributed by atoms with Gasteiger partial charge >= 0.3 is 0 Å². The number of carbonyl (C=O) groups is 2. The molecule has 2 amide bonds. The third kappa shape index (κ3) is 5.06. The fraction of sp³-hybridized carbons (Fsp3) is 0.444. The van der Waals surface area contributed by atoms with Gasteiger partial charge in [-0.15, -0.1) is 10.2 Å². The largest absolute Gasteiger partial charge is 0.340 e. The van der Waals surface area contributed by atoms with Gasteiger partial charge in [0.2, 0.25) is 11.0 Å². The smallest absolute Gasteiger partial charge is 0.257 e. The predicted octanol–water partition coefficient (Wildman–Crippen LogP) is 3.51. The van der Waals surface area contributed by atoms with Crippen LogP contribution in [0.3, 0.4) is 0 Å². The van der Waals surface area contributed by atoms with E-state index in [2.05, 4.69) is 20.8 Å². The molecule has 0 saturated carbocycles. The predicted molar refractivity (Wildman–Crippen MR) is 99.7 cm³/mol. The molecule has 2 N–H and O–H groups in total. The fourth-order valence-electron chi connectivity index (χ4n) is 2.22. The Hall–Kier alpha value is -2.42. The zero-order chi connectivity index (χ0) is 20.4. The molecule has 146 valence electrons. The van der Waals surface area contributed by atoms with Gasteiger partial charge in [0.05, 0.1) is 0 Å². The van der Waals surface area contributed by atoms with Crippen LogP contribution in [0.25, 0.3) is 0 Å². The minimum absolute atomic E-state index is 0.214. The first kappa shape index (κ1) is 20.9. The van der Waals surface area contributed by atoms with E-state index in [1.165, 1.54) is 11.3 Å². The van der Waals surface area contributed by atoms with Crippen LogP contribution in [0.1, 0.15) is 50.0 Å². The summed E-state index contributed by atoms with van der Waals surface area (Å²) in [6, 6.07) is 2.13. The summed E-state index contributed by atoms with van der Waals surface area (Å²) in [5.74, 6) is -3.83. The first-order valence-corrected chi connectivity index (χ1v) is 9.22. The molecule has 9 heteroatoms. The number of anilines is 1. The van der Waals surface area contributed by atoms with E-state index in [1.54, 1.807) is 13.8 Å². The molecule has 1 unspecified atom stereocenters. The molecule has 27 heavy (non-hydrogen) atoms. The van der Waals surface area contributed by atoms with Crippen LogP contribution in [-0.2, 0) is 10.2 Å². The summed E-state index contributed by atoms with van der Waals surface area (Å²) in [6.07, 6.45) is 0. The molecule has 0 aliphatic carbocycles. The van der Waals surface area contributed by atoms with Gasteiger partial charge in [-0.25, -0.2) is 8.78 Å².